The number of para-hydroxylation sites is 1. The molecule has 0 aliphatic carbocycles. The molecule has 24 heavy (non-hydrogen) atoms. The van der Waals surface area contributed by atoms with Crippen LogP contribution in [0.4, 0.5) is 4.39 Å². The molecule has 0 saturated heterocycles. The lowest BCUT2D eigenvalue weighted by Crippen LogP contribution is -2.12. The third-order valence-electron chi connectivity index (χ3n) is 3.62. The van der Waals surface area contributed by atoms with Gasteiger partial charge in [-0.25, -0.2) is 9.18 Å². The number of hydrogen-bond donors (Lipinski definition) is 1. The first-order valence-corrected chi connectivity index (χ1v) is 7.56. The molecule has 3 rings (SSSR count). The Balaban J connectivity index is 2.34. The third kappa shape index (κ3) is 2.65. The fourth-order valence-corrected chi connectivity index (χ4v) is 2.61. The molecule has 1 heterocycles. The number of rotatable bonds is 4. The standard InChI is InChI=1S/C19H16FNO3/c1-2-24-19(23)17-18(22)15(20)16(13-9-5-3-6-10-13)21(17)14-11-7-4-8-12-14/h3-12,22H,2H2,1H3. The number of aromatic nitrogens is 1. The minimum atomic E-state index is -0.854. The summed E-state index contributed by atoms with van der Waals surface area (Å²) in [4.78, 5) is 12.3. The molecule has 0 amide bonds. The Morgan fingerprint density at radius 2 is 1.67 bits per heavy atom. The Labute approximate surface area is 138 Å². The summed E-state index contributed by atoms with van der Waals surface area (Å²) in [5.41, 5.74) is 0.991. The van der Waals surface area contributed by atoms with Gasteiger partial charge in [-0.3, -0.25) is 4.57 Å². The van der Waals surface area contributed by atoms with E-state index in [4.69, 9.17) is 4.74 Å². The second-order valence-corrected chi connectivity index (χ2v) is 5.12. The Hall–Kier alpha value is -3.08. The molecule has 0 bridgehead atoms. The van der Waals surface area contributed by atoms with Crippen molar-refractivity contribution in [2.75, 3.05) is 6.61 Å². The number of halogens is 1. The van der Waals surface area contributed by atoms with E-state index in [1.54, 1.807) is 55.5 Å². The van der Waals surface area contributed by atoms with Gasteiger partial charge in [0.15, 0.2) is 17.3 Å². The molecule has 122 valence electrons. The average Bonchev–Trinajstić information content (AvgIpc) is 2.88. The molecule has 2 aromatic carbocycles. The van der Waals surface area contributed by atoms with Crippen molar-refractivity contribution < 1.29 is 19.0 Å². The highest BCUT2D eigenvalue weighted by molar-refractivity contribution is 5.94. The topological polar surface area (TPSA) is 51.5 Å². The number of benzene rings is 2. The Bertz CT molecular complexity index is 857. The summed E-state index contributed by atoms with van der Waals surface area (Å²) < 4.78 is 21.2. The second kappa shape index (κ2) is 6.58. The molecular weight excluding hydrogens is 309 g/mol. The molecule has 0 atom stereocenters. The van der Waals surface area contributed by atoms with Gasteiger partial charge in [0, 0.05) is 11.3 Å². The highest BCUT2D eigenvalue weighted by Crippen LogP contribution is 2.37. The summed E-state index contributed by atoms with van der Waals surface area (Å²) in [5.74, 6) is -2.34. The van der Waals surface area contributed by atoms with Crippen molar-refractivity contribution >= 4 is 5.97 Å². The number of carbonyl (C=O) groups is 1. The van der Waals surface area contributed by atoms with Crippen LogP contribution in [0.2, 0.25) is 0 Å². The minimum absolute atomic E-state index is 0.113. The minimum Gasteiger partial charge on any atom is -0.503 e. The van der Waals surface area contributed by atoms with Crippen molar-refractivity contribution in [1.82, 2.24) is 4.57 Å². The second-order valence-electron chi connectivity index (χ2n) is 5.12. The van der Waals surface area contributed by atoms with E-state index in [1.165, 1.54) is 4.57 Å². The van der Waals surface area contributed by atoms with Crippen molar-refractivity contribution in [3.8, 4) is 22.7 Å². The number of hydrogen-bond acceptors (Lipinski definition) is 3. The Morgan fingerprint density at radius 1 is 1.08 bits per heavy atom. The first-order chi connectivity index (χ1) is 11.6. The molecule has 1 aromatic heterocycles. The van der Waals surface area contributed by atoms with E-state index in [0.717, 1.165) is 0 Å². The number of nitrogens with zero attached hydrogens (tertiary/aromatic N) is 1. The van der Waals surface area contributed by atoms with E-state index >= 15 is 0 Å². The molecular formula is C19H16FNO3. The number of aromatic hydroxyl groups is 1. The number of esters is 1. The van der Waals surface area contributed by atoms with Crippen LogP contribution in [0.15, 0.2) is 60.7 Å². The van der Waals surface area contributed by atoms with E-state index in [9.17, 15) is 14.3 Å². The molecule has 5 heteroatoms. The van der Waals surface area contributed by atoms with Gasteiger partial charge in [-0.2, -0.15) is 0 Å². The summed E-state index contributed by atoms with van der Waals surface area (Å²) in [6.45, 7) is 1.78. The lowest BCUT2D eigenvalue weighted by atomic mass is 10.1. The molecule has 0 saturated carbocycles. The highest BCUT2D eigenvalue weighted by Gasteiger charge is 2.30. The Kier molecular flexibility index (Phi) is 4.33. The zero-order valence-corrected chi connectivity index (χ0v) is 13.1. The SMILES string of the molecule is CCOC(=O)c1c(O)c(F)c(-c2ccccc2)n1-c1ccccc1. The lowest BCUT2D eigenvalue weighted by Gasteiger charge is -2.12. The van der Waals surface area contributed by atoms with Crippen molar-refractivity contribution in [1.29, 1.82) is 0 Å². The molecule has 0 fully saturated rings. The maximum atomic E-state index is 14.8. The highest BCUT2D eigenvalue weighted by atomic mass is 19.1. The van der Waals surface area contributed by atoms with Crippen LogP contribution in [-0.2, 0) is 4.74 Å². The summed E-state index contributed by atoms with van der Waals surface area (Å²) in [5, 5.41) is 10.2. The van der Waals surface area contributed by atoms with Crippen LogP contribution in [0.5, 0.6) is 5.75 Å². The van der Waals surface area contributed by atoms with Gasteiger partial charge in [-0.1, -0.05) is 48.5 Å². The summed E-state index contributed by atoms with van der Waals surface area (Å²) in [7, 11) is 0. The van der Waals surface area contributed by atoms with Crippen LogP contribution in [0.1, 0.15) is 17.4 Å². The van der Waals surface area contributed by atoms with E-state index in [-0.39, 0.29) is 18.0 Å². The van der Waals surface area contributed by atoms with Gasteiger partial charge in [0.25, 0.3) is 0 Å². The average molecular weight is 325 g/mol. The van der Waals surface area contributed by atoms with Gasteiger partial charge in [-0.05, 0) is 19.1 Å². The van der Waals surface area contributed by atoms with Gasteiger partial charge >= 0.3 is 5.97 Å². The van der Waals surface area contributed by atoms with Crippen LogP contribution < -0.4 is 0 Å². The molecule has 0 spiro atoms. The van der Waals surface area contributed by atoms with Gasteiger partial charge in [0.05, 0.1) is 12.3 Å². The van der Waals surface area contributed by atoms with E-state index in [0.29, 0.717) is 11.3 Å². The van der Waals surface area contributed by atoms with Gasteiger partial charge in [0.1, 0.15) is 0 Å². The monoisotopic (exact) mass is 325 g/mol. The zero-order chi connectivity index (χ0) is 17.1. The fourth-order valence-electron chi connectivity index (χ4n) is 2.61. The maximum absolute atomic E-state index is 14.8. The molecule has 0 radical (unpaired) electrons. The molecule has 0 aliphatic heterocycles. The van der Waals surface area contributed by atoms with Crippen LogP contribution in [0, 0.1) is 5.82 Å². The maximum Gasteiger partial charge on any atom is 0.359 e. The summed E-state index contributed by atoms with van der Waals surface area (Å²) in [6, 6.07) is 17.6. The van der Waals surface area contributed by atoms with Crippen molar-refractivity contribution in [3.63, 3.8) is 0 Å². The first kappa shape index (κ1) is 15.8. The normalized spacial score (nSPS) is 10.6. The first-order valence-electron chi connectivity index (χ1n) is 7.56. The van der Waals surface area contributed by atoms with E-state index in [2.05, 4.69) is 0 Å². The molecule has 0 unspecified atom stereocenters. The van der Waals surface area contributed by atoms with Crippen LogP contribution in [0.3, 0.4) is 0 Å². The van der Waals surface area contributed by atoms with E-state index in [1.807, 2.05) is 12.1 Å². The van der Waals surface area contributed by atoms with Crippen LogP contribution in [-0.4, -0.2) is 22.2 Å². The summed E-state index contributed by atoms with van der Waals surface area (Å²) in [6.07, 6.45) is 0. The molecule has 0 aliphatic rings. The largest absolute Gasteiger partial charge is 0.503 e. The molecule has 3 aromatic rings. The molecule has 4 nitrogen and oxygen atoms in total. The predicted molar refractivity (Wildman–Crippen MR) is 88.8 cm³/mol. The number of ether oxygens (including phenoxy) is 1. The van der Waals surface area contributed by atoms with Crippen molar-refractivity contribution in [3.05, 3.63) is 72.2 Å². The van der Waals surface area contributed by atoms with E-state index < -0.39 is 17.5 Å². The fraction of sp³-hybridized carbons (Fsp3) is 0.105. The molecule has 1 N–H and O–H groups in total. The van der Waals surface area contributed by atoms with Gasteiger partial charge < -0.3 is 9.84 Å². The number of carbonyl (C=O) groups excluding carboxylic acids is 1. The predicted octanol–water partition coefficient (Wildman–Crippen LogP) is 4.17. The lowest BCUT2D eigenvalue weighted by molar-refractivity contribution is 0.0513. The van der Waals surface area contributed by atoms with Crippen LogP contribution >= 0.6 is 0 Å². The zero-order valence-electron chi connectivity index (χ0n) is 13.1. The van der Waals surface area contributed by atoms with Gasteiger partial charge in [-0.15, -0.1) is 0 Å². The van der Waals surface area contributed by atoms with Crippen LogP contribution in [0.25, 0.3) is 16.9 Å². The van der Waals surface area contributed by atoms with Crippen molar-refractivity contribution in [2.45, 2.75) is 6.92 Å². The smallest absolute Gasteiger partial charge is 0.359 e. The summed E-state index contributed by atoms with van der Waals surface area (Å²) >= 11 is 0. The van der Waals surface area contributed by atoms with Gasteiger partial charge in [0.2, 0.25) is 0 Å². The third-order valence-corrected chi connectivity index (χ3v) is 3.62. The quantitative estimate of drug-likeness (QED) is 0.733. The van der Waals surface area contributed by atoms with Crippen molar-refractivity contribution in [2.24, 2.45) is 0 Å². The Morgan fingerprint density at radius 3 is 2.25 bits per heavy atom.